The smallest absolute Gasteiger partial charge is 0.308 e. The van der Waals surface area contributed by atoms with Gasteiger partial charge in [0.2, 0.25) is 0 Å². The highest BCUT2D eigenvalue weighted by Crippen LogP contribution is 2.54. The number of carbonyl (C=O) groups excluding carboxylic acids is 2. The molecule has 1 N–H and O–H groups in total. The van der Waals surface area contributed by atoms with Gasteiger partial charge in [0.15, 0.2) is 4.87 Å². The average molecular weight is 468 g/mol. The molecular formula is C24H19ClFN3O2S. The van der Waals surface area contributed by atoms with Crippen LogP contribution < -0.4 is 10.2 Å². The van der Waals surface area contributed by atoms with Gasteiger partial charge in [-0.1, -0.05) is 48.0 Å². The molecule has 2 aliphatic heterocycles. The maximum atomic E-state index is 13.9. The summed E-state index contributed by atoms with van der Waals surface area (Å²) >= 11 is 7.49. The molecule has 32 heavy (non-hydrogen) atoms. The van der Waals surface area contributed by atoms with Gasteiger partial charge < -0.3 is 10.2 Å². The quantitative estimate of drug-likeness (QED) is 0.556. The molecule has 5 nitrogen and oxygen atoms in total. The lowest BCUT2D eigenvalue weighted by molar-refractivity contribution is -0.123. The van der Waals surface area contributed by atoms with Crippen molar-refractivity contribution in [2.45, 2.75) is 11.4 Å². The van der Waals surface area contributed by atoms with Crippen LogP contribution in [0, 0.1) is 5.82 Å². The van der Waals surface area contributed by atoms with Crippen LogP contribution in [0.15, 0.2) is 72.8 Å². The van der Waals surface area contributed by atoms with Crippen LogP contribution in [0.1, 0.15) is 11.1 Å². The van der Waals surface area contributed by atoms with Gasteiger partial charge in [-0.2, -0.15) is 0 Å². The van der Waals surface area contributed by atoms with E-state index in [4.69, 9.17) is 11.6 Å². The molecule has 3 aromatic rings. The Labute approximate surface area is 194 Å². The Kier molecular flexibility index (Phi) is 5.31. The molecular weight excluding hydrogens is 449 g/mol. The van der Waals surface area contributed by atoms with Gasteiger partial charge in [0.25, 0.3) is 5.91 Å². The standard InChI is InChI=1S/C24H19ClFN3O2S/c25-17-6-4-8-19(14-17)27-23(31)29-11-12-32-24(29)20-9-1-2-10-21(20)28(22(24)30)15-16-5-3-7-18(26)13-16/h1-10,13-14H,11-12,15H2,(H,27,31)/t24-/m1/s1. The van der Waals surface area contributed by atoms with E-state index in [2.05, 4.69) is 5.32 Å². The molecule has 3 aromatic carbocycles. The molecule has 5 rings (SSSR count). The van der Waals surface area contributed by atoms with Gasteiger partial charge in [-0.25, -0.2) is 9.18 Å². The molecule has 1 fully saturated rings. The molecule has 1 spiro atoms. The number of hydrogen-bond acceptors (Lipinski definition) is 3. The first-order valence-corrected chi connectivity index (χ1v) is 11.5. The normalized spacial score (nSPS) is 19.5. The number of hydrogen-bond donors (Lipinski definition) is 1. The van der Waals surface area contributed by atoms with E-state index in [9.17, 15) is 14.0 Å². The topological polar surface area (TPSA) is 52.7 Å². The highest BCUT2D eigenvalue weighted by Gasteiger charge is 2.59. The van der Waals surface area contributed by atoms with Crippen molar-refractivity contribution >= 4 is 46.7 Å². The van der Waals surface area contributed by atoms with Gasteiger partial charge in [0.05, 0.1) is 12.2 Å². The number of fused-ring (bicyclic) bond motifs is 2. The van der Waals surface area contributed by atoms with Crippen molar-refractivity contribution in [3.05, 3.63) is 94.8 Å². The summed E-state index contributed by atoms with van der Waals surface area (Å²) in [5.74, 6) is 0.0678. The number of nitrogens with one attached hydrogen (secondary N) is 1. The van der Waals surface area contributed by atoms with E-state index in [1.165, 1.54) is 23.9 Å². The Morgan fingerprint density at radius 3 is 2.72 bits per heavy atom. The minimum absolute atomic E-state index is 0.202. The maximum absolute atomic E-state index is 13.9. The Morgan fingerprint density at radius 2 is 1.91 bits per heavy atom. The van der Waals surface area contributed by atoms with Crippen LogP contribution in [0.3, 0.4) is 0 Å². The van der Waals surface area contributed by atoms with E-state index < -0.39 is 4.87 Å². The van der Waals surface area contributed by atoms with Crippen molar-refractivity contribution in [2.75, 3.05) is 22.5 Å². The lowest BCUT2D eigenvalue weighted by atomic mass is 10.1. The number of urea groups is 1. The van der Waals surface area contributed by atoms with Gasteiger partial charge in [-0.05, 0) is 42.0 Å². The predicted octanol–water partition coefficient (Wildman–Crippen LogP) is 5.46. The Bertz CT molecular complexity index is 1220. The third kappa shape index (κ3) is 3.42. The minimum atomic E-state index is -1.16. The van der Waals surface area contributed by atoms with Gasteiger partial charge in [0.1, 0.15) is 5.82 Å². The van der Waals surface area contributed by atoms with Crippen LogP contribution in [0.25, 0.3) is 0 Å². The van der Waals surface area contributed by atoms with Crippen molar-refractivity contribution in [3.8, 4) is 0 Å². The predicted molar refractivity (Wildman–Crippen MR) is 125 cm³/mol. The third-order valence-corrected chi connectivity index (χ3v) is 7.31. The zero-order valence-electron chi connectivity index (χ0n) is 16.9. The molecule has 0 unspecified atom stereocenters. The second-order valence-corrected chi connectivity index (χ2v) is 9.35. The first-order chi connectivity index (χ1) is 15.5. The van der Waals surface area contributed by atoms with Gasteiger partial charge in [-0.3, -0.25) is 9.69 Å². The summed E-state index contributed by atoms with van der Waals surface area (Å²) in [5.41, 5.74) is 2.75. The maximum Gasteiger partial charge on any atom is 0.323 e. The molecule has 2 heterocycles. The van der Waals surface area contributed by atoms with Crippen LogP contribution in [-0.4, -0.2) is 29.1 Å². The van der Waals surface area contributed by atoms with Crippen molar-refractivity contribution in [2.24, 2.45) is 0 Å². The molecule has 0 bridgehead atoms. The van der Waals surface area contributed by atoms with E-state index in [1.807, 2.05) is 24.3 Å². The first-order valence-electron chi connectivity index (χ1n) is 10.1. The zero-order valence-corrected chi connectivity index (χ0v) is 18.5. The highest BCUT2D eigenvalue weighted by atomic mass is 35.5. The molecule has 0 radical (unpaired) electrons. The Hall–Kier alpha value is -3.03. The molecule has 1 saturated heterocycles. The van der Waals surface area contributed by atoms with Crippen LogP contribution in [0.5, 0.6) is 0 Å². The van der Waals surface area contributed by atoms with Crippen molar-refractivity contribution in [1.29, 1.82) is 0 Å². The molecule has 2 aliphatic rings. The van der Waals surface area contributed by atoms with Gasteiger partial charge in [-0.15, -0.1) is 11.8 Å². The summed E-state index contributed by atoms with van der Waals surface area (Å²) in [6.07, 6.45) is 0. The van der Waals surface area contributed by atoms with Crippen molar-refractivity contribution in [3.63, 3.8) is 0 Å². The van der Waals surface area contributed by atoms with Gasteiger partial charge in [0, 0.05) is 28.6 Å². The summed E-state index contributed by atoms with van der Waals surface area (Å²) in [6, 6.07) is 20.2. The largest absolute Gasteiger partial charge is 0.323 e. The van der Waals surface area contributed by atoms with E-state index in [-0.39, 0.29) is 24.3 Å². The minimum Gasteiger partial charge on any atom is -0.308 e. The fraction of sp³-hybridized carbons (Fsp3) is 0.167. The number of anilines is 2. The molecule has 0 aliphatic carbocycles. The number of thioether (sulfide) groups is 1. The van der Waals surface area contributed by atoms with Crippen molar-refractivity contribution < 1.29 is 14.0 Å². The second kappa shape index (κ2) is 8.15. The van der Waals surface area contributed by atoms with E-state index in [0.29, 0.717) is 28.6 Å². The number of amides is 3. The number of benzene rings is 3. The second-order valence-electron chi connectivity index (χ2n) is 7.62. The summed E-state index contributed by atoms with van der Waals surface area (Å²) in [7, 11) is 0. The van der Waals surface area contributed by atoms with Crippen LogP contribution in [0.2, 0.25) is 5.02 Å². The average Bonchev–Trinajstić information content (AvgIpc) is 3.31. The number of rotatable bonds is 3. The van der Waals surface area contributed by atoms with E-state index in [0.717, 1.165) is 11.3 Å². The zero-order chi connectivity index (χ0) is 22.3. The van der Waals surface area contributed by atoms with E-state index >= 15 is 0 Å². The fourth-order valence-electron chi connectivity index (χ4n) is 4.30. The van der Waals surface area contributed by atoms with Crippen LogP contribution >= 0.6 is 23.4 Å². The third-order valence-electron chi connectivity index (χ3n) is 5.65. The van der Waals surface area contributed by atoms with Crippen LogP contribution in [-0.2, 0) is 16.2 Å². The number of nitrogens with zero attached hydrogens (tertiary/aromatic N) is 2. The number of halogens is 2. The summed E-state index contributed by atoms with van der Waals surface area (Å²) in [5, 5.41) is 3.38. The van der Waals surface area contributed by atoms with Crippen molar-refractivity contribution in [1.82, 2.24) is 4.90 Å². The fourth-order valence-corrected chi connectivity index (χ4v) is 5.95. The summed E-state index contributed by atoms with van der Waals surface area (Å²) < 4.78 is 13.8. The molecule has 0 saturated carbocycles. The van der Waals surface area contributed by atoms with Crippen LogP contribution in [0.4, 0.5) is 20.6 Å². The molecule has 3 amide bonds. The van der Waals surface area contributed by atoms with E-state index in [1.54, 1.807) is 46.2 Å². The van der Waals surface area contributed by atoms with Gasteiger partial charge >= 0.3 is 6.03 Å². The monoisotopic (exact) mass is 467 g/mol. The first kappa shape index (κ1) is 20.8. The number of para-hydroxylation sites is 1. The molecule has 162 valence electrons. The summed E-state index contributed by atoms with van der Waals surface area (Å²) in [4.78, 5) is 29.2. The SMILES string of the molecule is O=C(Nc1cccc(Cl)c1)N1CCS[C@]12C(=O)N(Cc1cccc(F)c1)c1ccccc12. The molecule has 8 heteroatoms. The lowest BCUT2D eigenvalue weighted by Gasteiger charge is -2.33. The number of carbonyl (C=O) groups is 2. The Morgan fingerprint density at radius 1 is 1.09 bits per heavy atom. The summed E-state index contributed by atoms with van der Waals surface area (Å²) in [6.45, 7) is 0.643. The molecule has 1 atom stereocenters. The molecule has 0 aromatic heterocycles. The highest BCUT2D eigenvalue weighted by molar-refractivity contribution is 8.01. The lowest BCUT2D eigenvalue weighted by Crippen LogP contribution is -2.51. The Balaban J connectivity index is 1.51.